The zero-order valence-corrected chi connectivity index (χ0v) is 20.6. The number of halogens is 1. The summed E-state index contributed by atoms with van der Waals surface area (Å²) in [4.78, 5) is 11.3. The SMILES string of the molecule is C=C(Cc1ccc(C23CC4CC(CC(C4)C2)C3)c(OC)c1)Oc1cc(C(=O)O)ccc1I. The molecule has 0 radical (unpaired) electrons. The quantitative estimate of drug-likeness (QED) is 0.315. The van der Waals surface area contributed by atoms with Crippen LogP contribution in [0.4, 0.5) is 0 Å². The lowest BCUT2D eigenvalue weighted by Crippen LogP contribution is -2.48. The highest BCUT2D eigenvalue weighted by Gasteiger charge is 2.52. The van der Waals surface area contributed by atoms with Crippen LogP contribution in [0.3, 0.4) is 0 Å². The molecule has 0 aliphatic heterocycles. The van der Waals surface area contributed by atoms with E-state index < -0.39 is 5.97 Å². The number of hydrogen-bond acceptors (Lipinski definition) is 3. The van der Waals surface area contributed by atoms with E-state index in [4.69, 9.17) is 9.47 Å². The van der Waals surface area contributed by atoms with Gasteiger partial charge in [-0.15, -0.1) is 0 Å². The maximum absolute atomic E-state index is 11.3. The van der Waals surface area contributed by atoms with Crippen molar-refractivity contribution in [1.82, 2.24) is 0 Å². The van der Waals surface area contributed by atoms with E-state index in [1.807, 2.05) is 0 Å². The van der Waals surface area contributed by atoms with E-state index in [0.717, 1.165) is 32.6 Å². The van der Waals surface area contributed by atoms with Gasteiger partial charge in [0.1, 0.15) is 17.3 Å². The summed E-state index contributed by atoms with van der Waals surface area (Å²) in [5, 5.41) is 9.25. The maximum Gasteiger partial charge on any atom is 0.335 e. The van der Waals surface area contributed by atoms with Crippen molar-refractivity contribution in [3.63, 3.8) is 0 Å². The lowest BCUT2D eigenvalue weighted by Gasteiger charge is -2.57. The molecule has 4 aliphatic carbocycles. The van der Waals surface area contributed by atoms with Gasteiger partial charge in [0.25, 0.3) is 0 Å². The van der Waals surface area contributed by atoms with Crippen molar-refractivity contribution < 1.29 is 19.4 Å². The predicted molar refractivity (Wildman–Crippen MR) is 132 cm³/mol. The molecule has 5 heteroatoms. The topological polar surface area (TPSA) is 55.8 Å². The molecule has 0 saturated heterocycles. The monoisotopic (exact) mass is 544 g/mol. The van der Waals surface area contributed by atoms with Crippen molar-refractivity contribution in [2.75, 3.05) is 7.11 Å². The molecule has 2 aromatic carbocycles. The van der Waals surface area contributed by atoms with Crippen molar-refractivity contribution in [3.05, 3.63) is 69.0 Å². The Labute approximate surface area is 203 Å². The molecule has 32 heavy (non-hydrogen) atoms. The Kier molecular flexibility index (Phi) is 5.72. The van der Waals surface area contributed by atoms with Crippen LogP contribution >= 0.6 is 22.6 Å². The average molecular weight is 544 g/mol. The van der Waals surface area contributed by atoms with Gasteiger partial charge < -0.3 is 14.6 Å². The minimum absolute atomic E-state index is 0.204. The number of hydrogen-bond donors (Lipinski definition) is 1. The Bertz CT molecular complexity index is 1040. The standard InChI is InChI=1S/C27H29IO4/c1-16(32-25-12-21(26(29)30)4-6-23(25)28)7-17-3-5-22(24(11-17)31-2)27-13-18-8-19(14-27)10-20(9-18)15-27/h3-6,11-12,18-20H,1,7-10,13-15H2,2H3,(H,29,30). The Morgan fingerprint density at radius 3 is 2.31 bits per heavy atom. The third-order valence-corrected chi connectivity index (χ3v) is 8.60. The molecular weight excluding hydrogens is 515 g/mol. The summed E-state index contributed by atoms with van der Waals surface area (Å²) in [7, 11) is 1.77. The van der Waals surface area contributed by atoms with E-state index in [0.29, 0.717) is 23.3 Å². The molecule has 168 valence electrons. The minimum Gasteiger partial charge on any atom is -0.496 e. The molecular formula is C27H29IO4. The summed E-state index contributed by atoms with van der Waals surface area (Å²) in [5.41, 5.74) is 2.97. The molecule has 4 nitrogen and oxygen atoms in total. The number of rotatable bonds is 7. The molecule has 0 atom stereocenters. The van der Waals surface area contributed by atoms with Crippen LogP contribution in [0.15, 0.2) is 48.7 Å². The highest BCUT2D eigenvalue weighted by atomic mass is 127. The maximum atomic E-state index is 11.3. The number of carbonyl (C=O) groups is 1. The number of methoxy groups -OCH3 is 1. The molecule has 6 rings (SSSR count). The van der Waals surface area contributed by atoms with Crippen molar-refractivity contribution in [3.8, 4) is 11.5 Å². The van der Waals surface area contributed by atoms with Gasteiger partial charge in [0, 0.05) is 12.0 Å². The summed E-state index contributed by atoms with van der Waals surface area (Å²) >= 11 is 2.14. The van der Waals surface area contributed by atoms with Gasteiger partial charge in [0.2, 0.25) is 0 Å². The first-order valence-corrected chi connectivity index (χ1v) is 12.5. The third-order valence-electron chi connectivity index (χ3n) is 7.71. The van der Waals surface area contributed by atoms with Crippen molar-refractivity contribution in [2.24, 2.45) is 17.8 Å². The fourth-order valence-corrected chi connectivity index (χ4v) is 7.30. The van der Waals surface area contributed by atoms with Gasteiger partial charge >= 0.3 is 5.97 Å². The number of benzene rings is 2. The van der Waals surface area contributed by atoms with Crippen LogP contribution in [-0.4, -0.2) is 18.2 Å². The molecule has 0 heterocycles. The molecule has 1 N–H and O–H groups in total. The van der Waals surface area contributed by atoms with Crippen LogP contribution in [0.1, 0.15) is 60.0 Å². The van der Waals surface area contributed by atoms with Crippen LogP contribution < -0.4 is 9.47 Å². The second-order valence-corrected chi connectivity index (χ2v) is 11.2. The van der Waals surface area contributed by atoms with Gasteiger partial charge in [-0.2, -0.15) is 0 Å². The predicted octanol–water partition coefficient (Wildman–Crippen LogP) is 6.60. The molecule has 4 aliphatic rings. The van der Waals surface area contributed by atoms with Gasteiger partial charge in [0.15, 0.2) is 0 Å². The Morgan fingerprint density at radius 2 is 1.72 bits per heavy atom. The lowest BCUT2D eigenvalue weighted by molar-refractivity contribution is -0.00616. The molecule has 0 aromatic heterocycles. The number of carboxylic acids is 1. The van der Waals surface area contributed by atoms with Gasteiger partial charge in [-0.3, -0.25) is 0 Å². The van der Waals surface area contributed by atoms with E-state index >= 15 is 0 Å². The number of allylic oxidation sites excluding steroid dienone is 1. The van der Waals surface area contributed by atoms with Crippen LogP contribution in [0.25, 0.3) is 0 Å². The van der Waals surface area contributed by atoms with Gasteiger partial charge in [-0.1, -0.05) is 18.7 Å². The van der Waals surface area contributed by atoms with Crippen LogP contribution in [0.2, 0.25) is 0 Å². The van der Waals surface area contributed by atoms with Gasteiger partial charge in [-0.05, 0) is 114 Å². The zero-order chi connectivity index (χ0) is 22.5. The first kappa shape index (κ1) is 21.8. The molecule has 4 fully saturated rings. The van der Waals surface area contributed by atoms with E-state index in [1.54, 1.807) is 25.3 Å². The van der Waals surface area contributed by atoms with Crippen LogP contribution in [-0.2, 0) is 11.8 Å². The van der Waals surface area contributed by atoms with Crippen molar-refractivity contribution >= 4 is 28.6 Å². The normalized spacial score (nSPS) is 27.9. The van der Waals surface area contributed by atoms with Crippen LogP contribution in [0, 0.1) is 21.3 Å². The summed E-state index contributed by atoms with van der Waals surface area (Å²) in [6.07, 6.45) is 8.76. The number of carboxylic acid groups (broad SMARTS) is 1. The minimum atomic E-state index is -0.970. The summed E-state index contributed by atoms with van der Waals surface area (Å²) in [6.45, 7) is 4.08. The Balaban J connectivity index is 1.34. The van der Waals surface area contributed by atoms with E-state index in [9.17, 15) is 9.90 Å². The molecule has 4 saturated carbocycles. The first-order chi connectivity index (χ1) is 15.3. The van der Waals surface area contributed by atoms with Gasteiger partial charge in [-0.25, -0.2) is 4.79 Å². The molecule has 0 spiro atoms. The highest BCUT2D eigenvalue weighted by molar-refractivity contribution is 14.1. The van der Waals surface area contributed by atoms with E-state index in [-0.39, 0.29) is 5.56 Å². The first-order valence-electron chi connectivity index (χ1n) is 11.4. The summed E-state index contributed by atoms with van der Waals surface area (Å²) in [5.74, 6) is 3.79. The fraction of sp³-hybridized carbons (Fsp3) is 0.444. The average Bonchev–Trinajstić information content (AvgIpc) is 2.74. The Hall–Kier alpha value is -2.02. The zero-order valence-electron chi connectivity index (χ0n) is 18.4. The molecule has 4 bridgehead atoms. The Morgan fingerprint density at radius 1 is 1.06 bits per heavy atom. The fourth-order valence-electron chi connectivity index (χ4n) is 6.86. The van der Waals surface area contributed by atoms with Crippen molar-refractivity contribution in [1.29, 1.82) is 0 Å². The number of ether oxygens (including phenoxy) is 2. The van der Waals surface area contributed by atoms with Crippen molar-refractivity contribution in [2.45, 2.75) is 50.4 Å². The second-order valence-electron chi connectivity index (χ2n) is 10.0. The summed E-state index contributed by atoms with van der Waals surface area (Å²) < 4.78 is 12.7. The summed E-state index contributed by atoms with van der Waals surface area (Å²) in [6, 6.07) is 11.5. The third kappa shape index (κ3) is 4.04. The van der Waals surface area contributed by atoms with Crippen LogP contribution in [0.5, 0.6) is 11.5 Å². The molecule has 0 amide bonds. The largest absolute Gasteiger partial charge is 0.496 e. The molecule has 2 aromatic rings. The number of aromatic carboxylic acids is 1. The molecule has 0 unspecified atom stereocenters. The lowest BCUT2D eigenvalue weighted by atomic mass is 9.48. The smallest absolute Gasteiger partial charge is 0.335 e. The van der Waals surface area contributed by atoms with E-state index in [1.165, 1.54) is 44.1 Å². The second kappa shape index (κ2) is 8.40. The van der Waals surface area contributed by atoms with Gasteiger partial charge in [0.05, 0.1) is 16.2 Å². The highest BCUT2D eigenvalue weighted by Crippen LogP contribution is 2.61. The van der Waals surface area contributed by atoms with E-state index in [2.05, 4.69) is 47.4 Å².